The number of nitrogens with two attached hydrogens (primary N) is 1. The van der Waals surface area contributed by atoms with Crippen molar-refractivity contribution in [2.45, 2.75) is 38.6 Å². The SMILES string of the molecule is NCCCn1cc2ccccc2c1-c1ccc2c(c1)CCCC2. The van der Waals surface area contributed by atoms with E-state index in [1.54, 1.807) is 11.1 Å². The monoisotopic (exact) mass is 304 g/mol. The average Bonchev–Trinajstić information content (AvgIpc) is 2.97. The van der Waals surface area contributed by atoms with E-state index in [1.165, 1.54) is 47.7 Å². The van der Waals surface area contributed by atoms with Crippen LogP contribution in [-0.4, -0.2) is 11.1 Å². The zero-order chi connectivity index (χ0) is 15.6. The first kappa shape index (κ1) is 14.5. The van der Waals surface area contributed by atoms with Gasteiger partial charge < -0.3 is 10.3 Å². The van der Waals surface area contributed by atoms with Gasteiger partial charge in [-0.05, 0) is 66.8 Å². The Morgan fingerprint density at radius 2 is 1.78 bits per heavy atom. The summed E-state index contributed by atoms with van der Waals surface area (Å²) in [6.45, 7) is 1.72. The molecule has 1 aliphatic rings. The predicted molar refractivity (Wildman–Crippen MR) is 97.7 cm³/mol. The van der Waals surface area contributed by atoms with Crippen molar-refractivity contribution in [3.63, 3.8) is 0 Å². The van der Waals surface area contributed by atoms with Crippen LogP contribution in [0.15, 0.2) is 48.7 Å². The van der Waals surface area contributed by atoms with Crippen LogP contribution in [-0.2, 0) is 19.4 Å². The molecule has 3 aromatic rings. The summed E-state index contributed by atoms with van der Waals surface area (Å²) in [4.78, 5) is 0. The summed E-state index contributed by atoms with van der Waals surface area (Å²) >= 11 is 0. The van der Waals surface area contributed by atoms with Gasteiger partial charge in [-0.2, -0.15) is 0 Å². The Morgan fingerprint density at radius 3 is 2.65 bits per heavy atom. The number of nitrogens with zero attached hydrogens (tertiary/aromatic N) is 1. The van der Waals surface area contributed by atoms with E-state index in [4.69, 9.17) is 5.73 Å². The molecule has 2 heteroatoms. The van der Waals surface area contributed by atoms with Crippen molar-refractivity contribution >= 4 is 10.8 Å². The molecule has 1 heterocycles. The topological polar surface area (TPSA) is 30.9 Å². The quantitative estimate of drug-likeness (QED) is 0.754. The maximum Gasteiger partial charge on any atom is 0.0560 e. The van der Waals surface area contributed by atoms with E-state index >= 15 is 0 Å². The lowest BCUT2D eigenvalue weighted by Crippen LogP contribution is -2.07. The summed E-state index contributed by atoms with van der Waals surface area (Å²) < 4.78 is 2.39. The molecule has 0 atom stereocenters. The molecule has 23 heavy (non-hydrogen) atoms. The molecule has 2 aromatic carbocycles. The van der Waals surface area contributed by atoms with E-state index in [9.17, 15) is 0 Å². The molecule has 0 amide bonds. The number of rotatable bonds is 4. The van der Waals surface area contributed by atoms with Gasteiger partial charge in [-0.3, -0.25) is 0 Å². The standard InChI is InChI=1S/C21H24N2/c22-12-5-13-23-15-19-8-3-4-9-20(19)21(23)18-11-10-16-6-1-2-7-17(16)14-18/h3-4,8-11,14-15H,1-2,5-7,12-13,22H2. The minimum absolute atomic E-state index is 0.734. The number of aromatic nitrogens is 1. The van der Waals surface area contributed by atoms with E-state index in [0.717, 1.165) is 19.5 Å². The Labute approximate surface area is 137 Å². The van der Waals surface area contributed by atoms with Crippen LogP contribution in [0.2, 0.25) is 0 Å². The van der Waals surface area contributed by atoms with Gasteiger partial charge in [0, 0.05) is 18.1 Å². The maximum atomic E-state index is 5.74. The van der Waals surface area contributed by atoms with Crippen LogP contribution in [0.3, 0.4) is 0 Å². The molecule has 1 aliphatic carbocycles. The molecule has 0 spiro atoms. The number of hydrogen-bond donors (Lipinski definition) is 1. The highest BCUT2D eigenvalue weighted by Crippen LogP contribution is 2.33. The third kappa shape index (κ3) is 2.68. The van der Waals surface area contributed by atoms with E-state index in [0.29, 0.717) is 0 Å². The minimum atomic E-state index is 0.734. The number of aryl methyl sites for hydroxylation is 3. The Morgan fingerprint density at radius 1 is 0.957 bits per heavy atom. The lowest BCUT2D eigenvalue weighted by atomic mass is 9.89. The summed E-state index contributed by atoms with van der Waals surface area (Å²) in [5, 5.41) is 2.66. The summed E-state index contributed by atoms with van der Waals surface area (Å²) in [6, 6.07) is 15.8. The zero-order valence-electron chi connectivity index (χ0n) is 13.6. The fourth-order valence-corrected chi connectivity index (χ4v) is 3.85. The van der Waals surface area contributed by atoms with Crippen LogP contribution in [0, 0.1) is 0 Å². The molecular weight excluding hydrogens is 280 g/mol. The van der Waals surface area contributed by atoms with Gasteiger partial charge in [0.05, 0.1) is 5.69 Å². The molecule has 0 saturated heterocycles. The lowest BCUT2D eigenvalue weighted by Gasteiger charge is -2.17. The normalized spacial score (nSPS) is 14.1. The van der Waals surface area contributed by atoms with Crippen molar-refractivity contribution in [3.8, 4) is 11.3 Å². The molecule has 1 aromatic heterocycles. The fourth-order valence-electron chi connectivity index (χ4n) is 3.85. The number of fused-ring (bicyclic) bond motifs is 2. The Hall–Kier alpha value is -2.06. The first-order chi connectivity index (χ1) is 11.4. The molecule has 0 bridgehead atoms. The van der Waals surface area contributed by atoms with Crippen molar-refractivity contribution < 1.29 is 0 Å². The van der Waals surface area contributed by atoms with Crippen LogP contribution in [0.1, 0.15) is 30.4 Å². The van der Waals surface area contributed by atoms with Gasteiger partial charge in [-0.25, -0.2) is 0 Å². The van der Waals surface area contributed by atoms with Crippen molar-refractivity contribution in [3.05, 3.63) is 59.8 Å². The fraction of sp³-hybridized carbons (Fsp3) is 0.333. The van der Waals surface area contributed by atoms with Gasteiger partial charge in [-0.1, -0.05) is 36.4 Å². The third-order valence-electron chi connectivity index (χ3n) is 5.02. The first-order valence-electron chi connectivity index (χ1n) is 8.77. The van der Waals surface area contributed by atoms with Gasteiger partial charge in [-0.15, -0.1) is 0 Å². The Bertz CT molecular complexity index is 829. The second kappa shape index (κ2) is 6.21. The molecule has 2 nitrogen and oxygen atoms in total. The lowest BCUT2D eigenvalue weighted by molar-refractivity contribution is 0.660. The molecule has 118 valence electrons. The van der Waals surface area contributed by atoms with E-state index in [1.807, 2.05) is 0 Å². The van der Waals surface area contributed by atoms with Gasteiger partial charge in [0.1, 0.15) is 0 Å². The van der Waals surface area contributed by atoms with E-state index in [-0.39, 0.29) is 0 Å². The highest BCUT2D eigenvalue weighted by atomic mass is 15.0. The third-order valence-corrected chi connectivity index (χ3v) is 5.02. The summed E-state index contributed by atoms with van der Waals surface area (Å²) in [7, 11) is 0. The van der Waals surface area contributed by atoms with Crippen LogP contribution in [0.5, 0.6) is 0 Å². The molecule has 4 rings (SSSR count). The van der Waals surface area contributed by atoms with Crippen LogP contribution >= 0.6 is 0 Å². The molecule has 0 aliphatic heterocycles. The zero-order valence-corrected chi connectivity index (χ0v) is 13.6. The van der Waals surface area contributed by atoms with Gasteiger partial charge in [0.2, 0.25) is 0 Å². The summed E-state index contributed by atoms with van der Waals surface area (Å²) in [5.41, 5.74) is 11.5. The Kier molecular flexibility index (Phi) is 3.92. The molecule has 0 saturated carbocycles. The molecule has 0 radical (unpaired) electrons. The van der Waals surface area contributed by atoms with Crippen molar-refractivity contribution in [1.29, 1.82) is 0 Å². The predicted octanol–water partition coefficient (Wildman–Crippen LogP) is 4.54. The van der Waals surface area contributed by atoms with Gasteiger partial charge in [0.25, 0.3) is 0 Å². The minimum Gasteiger partial charge on any atom is -0.346 e. The Balaban J connectivity index is 1.86. The van der Waals surface area contributed by atoms with Crippen molar-refractivity contribution in [1.82, 2.24) is 4.57 Å². The van der Waals surface area contributed by atoms with Gasteiger partial charge in [0.15, 0.2) is 0 Å². The first-order valence-corrected chi connectivity index (χ1v) is 8.77. The smallest absolute Gasteiger partial charge is 0.0560 e. The number of hydrogen-bond acceptors (Lipinski definition) is 1. The van der Waals surface area contributed by atoms with Crippen LogP contribution < -0.4 is 5.73 Å². The maximum absolute atomic E-state index is 5.74. The second-order valence-electron chi connectivity index (χ2n) is 6.59. The summed E-state index contributed by atoms with van der Waals surface area (Å²) in [5.74, 6) is 0. The highest BCUT2D eigenvalue weighted by Gasteiger charge is 2.14. The molecule has 0 fully saturated rings. The molecule has 0 unspecified atom stereocenters. The van der Waals surface area contributed by atoms with Crippen LogP contribution in [0.4, 0.5) is 0 Å². The van der Waals surface area contributed by atoms with Crippen molar-refractivity contribution in [2.75, 3.05) is 6.54 Å². The second-order valence-corrected chi connectivity index (χ2v) is 6.59. The van der Waals surface area contributed by atoms with E-state index in [2.05, 4.69) is 53.2 Å². The van der Waals surface area contributed by atoms with Crippen LogP contribution in [0.25, 0.3) is 22.0 Å². The average molecular weight is 304 g/mol. The van der Waals surface area contributed by atoms with Crippen molar-refractivity contribution in [2.24, 2.45) is 5.73 Å². The number of benzene rings is 2. The molecule has 2 N–H and O–H groups in total. The largest absolute Gasteiger partial charge is 0.346 e. The van der Waals surface area contributed by atoms with Gasteiger partial charge >= 0.3 is 0 Å². The molecular formula is C21H24N2. The van der Waals surface area contributed by atoms with E-state index < -0.39 is 0 Å². The summed E-state index contributed by atoms with van der Waals surface area (Å²) in [6.07, 6.45) is 8.42. The highest BCUT2D eigenvalue weighted by molar-refractivity contribution is 5.96.